The summed E-state index contributed by atoms with van der Waals surface area (Å²) >= 11 is 0. The van der Waals surface area contributed by atoms with Crippen molar-refractivity contribution < 1.29 is 14.3 Å². The molecule has 78 valence electrons. The first-order valence-corrected chi connectivity index (χ1v) is 4.27. The lowest BCUT2D eigenvalue weighted by atomic mass is 10.3. The number of carbonyl (C=O) groups excluding carboxylic acids is 1. The van der Waals surface area contributed by atoms with Gasteiger partial charge in [0.15, 0.2) is 6.29 Å². The second-order valence-corrected chi connectivity index (χ2v) is 2.60. The molecule has 0 heterocycles. The Kier molecular flexibility index (Phi) is 7.57. The number of methoxy groups -OCH3 is 2. The summed E-state index contributed by atoms with van der Waals surface area (Å²) in [7, 11) is 3.06. The molecule has 0 saturated heterocycles. The zero-order valence-corrected chi connectivity index (χ0v) is 8.21. The molecule has 0 fully saturated rings. The van der Waals surface area contributed by atoms with E-state index in [0.717, 1.165) is 0 Å². The van der Waals surface area contributed by atoms with Crippen molar-refractivity contribution in [2.45, 2.75) is 19.1 Å². The molecular weight excluding hydrogens is 172 g/mol. The van der Waals surface area contributed by atoms with E-state index in [1.807, 2.05) is 0 Å². The molecule has 0 rings (SSSR count). The number of hydrogen-bond acceptors (Lipinski definition) is 4. The Bertz CT molecular complexity index is 137. The van der Waals surface area contributed by atoms with Gasteiger partial charge in [0.25, 0.3) is 0 Å². The second-order valence-electron chi connectivity index (χ2n) is 2.60. The molecule has 0 bridgehead atoms. The van der Waals surface area contributed by atoms with E-state index >= 15 is 0 Å². The third-order valence-corrected chi connectivity index (χ3v) is 1.60. The number of hydrogen-bond donors (Lipinski definition) is 2. The zero-order valence-electron chi connectivity index (χ0n) is 8.21. The highest BCUT2D eigenvalue weighted by atomic mass is 16.7. The molecule has 0 aliphatic heterocycles. The summed E-state index contributed by atoms with van der Waals surface area (Å²) in [5.41, 5.74) is 5.26. The van der Waals surface area contributed by atoms with Crippen LogP contribution in [0.2, 0.25) is 0 Å². The normalized spacial score (nSPS) is 10.5. The van der Waals surface area contributed by atoms with Crippen molar-refractivity contribution in [3.63, 3.8) is 0 Å². The predicted molar refractivity (Wildman–Crippen MR) is 49.1 cm³/mol. The third kappa shape index (κ3) is 6.51. The van der Waals surface area contributed by atoms with Crippen LogP contribution in [0.5, 0.6) is 0 Å². The molecule has 0 aliphatic rings. The van der Waals surface area contributed by atoms with Gasteiger partial charge in [-0.25, -0.2) is 0 Å². The van der Waals surface area contributed by atoms with Gasteiger partial charge in [0, 0.05) is 20.6 Å². The standard InChI is InChI=1S/C8H18N2O3/c1-12-8(13-2)6-10-7(11)4-3-5-9/h8H,3-6,9H2,1-2H3,(H,10,11). The van der Waals surface area contributed by atoms with Crippen LogP contribution in [0.25, 0.3) is 0 Å². The number of rotatable bonds is 7. The van der Waals surface area contributed by atoms with Crippen LogP contribution in [0, 0.1) is 0 Å². The van der Waals surface area contributed by atoms with Gasteiger partial charge in [-0.1, -0.05) is 0 Å². The first-order chi connectivity index (χ1) is 6.24. The molecule has 3 N–H and O–H groups in total. The first-order valence-electron chi connectivity index (χ1n) is 4.27. The van der Waals surface area contributed by atoms with E-state index in [1.54, 1.807) is 0 Å². The molecule has 0 spiro atoms. The number of nitrogens with two attached hydrogens (primary N) is 1. The molecule has 0 aliphatic carbocycles. The zero-order chi connectivity index (χ0) is 10.1. The van der Waals surface area contributed by atoms with Gasteiger partial charge in [0.2, 0.25) is 5.91 Å². The van der Waals surface area contributed by atoms with Crippen molar-refractivity contribution in [3.05, 3.63) is 0 Å². The van der Waals surface area contributed by atoms with Gasteiger partial charge in [-0.3, -0.25) is 4.79 Å². The number of ether oxygens (including phenoxy) is 2. The molecular formula is C8H18N2O3. The number of carbonyl (C=O) groups is 1. The van der Waals surface area contributed by atoms with Crippen LogP contribution in [0.1, 0.15) is 12.8 Å². The topological polar surface area (TPSA) is 73.6 Å². The molecule has 0 unspecified atom stereocenters. The molecule has 0 radical (unpaired) electrons. The van der Waals surface area contributed by atoms with E-state index in [0.29, 0.717) is 25.9 Å². The Balaban J connectivity index is 3.44. The Morgan fingerprint density at radius 2 is 2.08 bits per heavy atom. The molecule has 5 heteroatoms. The van der Waals surface area contributed by atoms with Crippen LogP contribution < -0.4 is 11.1 Å². The minimum absolute atomic E-state index is 0.0236. The first kappa shape index (κ1) is 12.3. The van der Waals surface area contributed by atoms with Crippen LogP contribution in [0.15, 0.2) is 0 Å². The maximum atomic E-state index is 11.1. The van der Waals surface area contributed by atoms with Gasteiger partial charge in [0.1, 0.15) is 0 Å². The highest BCUT2D eigenvalue weighted by Gasteiger charge is 2.06. The maximum absolute atomic E-state index is 11.1. The van der Waals surface area contributed by atoms with Gasteiger partial charge in [0.05, 0.1) is 6.54 Å². The van der Waals surface area contributed by atoms with Crippen molar-refractivity contribution >= 4 is 5.91 Å². The summed E-state index contributed by atoms with van der Waals surface area (Å²) < 4.78 is 9.79. The Hall–Kier alpha value is -0.650. The number of amides is 1. The summed E-state index contributed by atoms with van der Waals surface area (Å²) in [5, 5.41) is 2.67. The number of nitrogens with one attached hydrogen (secondary N) is 1. The second kappa shape index (κ2) is 7.97. The molecule has 13 heavy (non-hydrogen) atoms. The van der Waals surface area contributed by atoms with Crippen LogP contribution in [-0.2, 0) is 14.3 Å². The van der Waals surface area contributed by atoms with Gasteiger partial charge in [-0.2, -0.15) is 0 Å². The quantitative estimate of drug-likeness (QED) is 0.529. The van der Waals surface area contributed by atoms with Crippen molar-refractivity contribution in [2.24, 2.45) is 5.73 Å². The van der Waals surface area contributed by atoms with E-state index < -0.39 is 0 Å². The highest BCUT2D eigenvalue weighted by Crippen LogP contribution is 1.90. The van der Waals surface area contributed by atoms with Crippen LogP contribution in [-0.4, -0.2) is 39.5 Å². The molecule has 5 nitrogen and oxygen atoms in total. The molecule has 0 aromatic carbocycles. The van der Waals surface area contributed by atoms with Crippen LogP contribution in [0.4, 0.5) is 0 Å². The highest BCUT2D eigenvalue weighted by molar-refractivity contribution is 5.75. The van der Waals surface area contributed by atoms with Gasteiger partial charge in [-0.05, 0) is 13.0 Å². The molecule has 0 aromatic heterocycles. The van der Waals surface area contributed by atoms with Gasteiger partial charge in [-0.15, -0.1) is 0 Å². The van der Waals surface area contributed by atoms with E-state index in [4.69, 9.17) is 15.2 Å². The average molecular weight is 190 g/mol. The Labute approximate surface area is 78.6 Å². The Morgan fingerprint density at radius 1 is 1.46 bits per heavy atom. The summed E-state index contributed by atoms with van der Waals surface area (Å²) in [6.45, 7) is 0.905. The summed E-state index contributed by atoms with van der Waals surface area (Å²) in [6.07, 6.45) is 0.787. The van der Waals surface area contributed by atoms with Crippen LogP contribution >= 0.6 is 0 Å². The fourth-order valence-corrected chi connectivity index (χ4v) is 0.811. The van der Waals surface area contributed by atoms with Crippen LogP contribution in [0.3, 0.4) is 0 Å². The average Bonchev–Trinajstić information content (AvgIpc) is 2.16. The largest absolute Gasteiger partial charge is 0.354 e. The summed E-state index contributed by atoms with van der Waals surface area (Å²) in [6, 6.07) is 0. The molecule has 0 saturated carbocycles. The third-order valence-electron chi connectivity index (χ3n) is 1.60. The van der Waals surface area contributed by atoms with Crippen molar-refractivity contribution in [3.8, 4) is 0 Å². The summed E-state index contributed by atoms with van der Waals surface area (Å²) in [5.74, 6) is -0.0236. The lowest BCUT2D eigenvalue weighted by Gasteiger charge is -2.13. The maximum Gasteiger partial charge on any atom is 0.220 e. The minimum Gasteiger partial charge on any atom is -0.354 e. The van der Waals surface area contributed by atoms with Crippen molar-refractivity contribution in [1.29, 1.82) is 0 Å². The van der Waals surface area contributed by atoms with E-state index in [9.17, 15) is 4.79 Å². The lowest BCUT2D eigenvalue weighted by molar-refractivity contribution is -0.127. The SMILES string of the molecule is COC(CNC(=O)CCCN)OC. The van der Waals surface area contributed by atoms with E-state index in [2.05, 4.69) is 5.32 Å². The van der Waals surface area contributed by atoms with Gasteiger partial charge >= 0.3 is 0 Å². The van der Waals surface area contributed by atoms with Gasteiger partial charge < -0.3 is 20.5 Å². The van der Waals surface area contributed by atoms with E-state index in [1.165, 1.54) is 14.2 Å². The molecule has 0 atom stereocenters. The van der Waals surface area contributed by atoms with Crippen molar-refractivity contribution in [2.75, 3.05) is 27.3 Å². The predicted octanol–water partition coefficient (Wildman–Crippen LogP) is -0.540. The Morgan fingerprint density at radius 3 is 2.54 bits per heavy atom. The smallest absolute Gasteiger partial charge is 0.220 e. The molecule has 0 aromatic rings. The monoisotopic (exact) mass is 190 g/mol. The molecule has 1 amide bonds. The summed E-state index contributed by atoms with van der Waals surface area (Å²) in [4.78, 5) is 11.1. The van der Waals surface area contributed by atoms with E-state index in [-0.39, 0.29) is 12.2 Å². The fourth-order valence-electron chi connectivity index (χ4n) is 0.811. The van der Waals surface area contributed by atoms with Crippen molar-refractivity contribution in [1.82, 2.24) is 5.32 Å². The minimum atomic E-state index is -0.373. The lowest BCUT2D eigenvalue weighted by Crippen LogP contribution is -2.34. The fraction of sp³-hybridized carbons (Fsp3) is 0.875.